The summed E-state index contributed by atoms with van der Waals surface area (Å²) in [7, 11) is 1.19. The summed E-state index contributed by atoms with van der Waals surface area (Å²) in [5, 5.41) is -0.249. The standard InChI is InChI=1S/C18H18ClNO6S/c1-4-6-26-16-12(19)7-11(8-13(16)25-5-2)9-14-17(22)20(18(23)27-14)10-15(21)24-3/h4,7-9H,1,5-6,10H2,2-3H3/b14-9-. The van der Waals surface area contributed by atoms with Crippen LogP contribution in [0.1, 0.15) is 12.5 Å². The van der Waals surface area contributed by atoms with Crippen LogP contribution in [0, 0.1) is 0 Å². The van der Waals surface area contributed by atoms with Crippen molar-refractivity contribution in [1.82, 2.24) is 4.90 Å². The molecule has 0 bridgehead atoms. The summed E-state index contributed by atoms with van der Waals surface area (Å²) in [6.45, 7) is 5.62. The summed E-state index contributed by atoms with van der Waals surface area (Å²) in [4.78, 5) is 36.7. The maximum atomic E-state index is 12.4. The van der Waals surface area contributed by atoms with E-state index >= 15 is 0 Å². The number of thioether (sulfide) groups is 1. The number of amides is 2. The van der Waals surface area contributed by atoms with Gasteiger partial charge >= 0.3 is 5.97 Å². The molecule has 1 aromatic rings. The topological polar surface area (TPSA) is 82.1 Å². The van der Waals surface area contributed by atoms with E-state index in [1.807, 2.05) is 6.92 Å². The van der Waals surface area contributed by atoms with Gasteiger partial charge in [-0.3, -0.25) is 19.3 Å². The van der Waals surface area contributed by atoms with Gasteiger partial charge in [0, 0.05) is 0 Å². The summed E-state index contributed by atoms with van der Waals surface area (Å²) in [5.74, 6) is -0.471. The zero-order valence-electron chi connectivity index (χ0n) is 14.8. The van der Waals surface area contributed by atoms with Crippen molar-refractivity contribution in [2.75, 3.05) is 26.9 Å². The number of benzene rings is 1. The molecule has 27 heavy (non-hydrogen) atoms. The molecule has 1 fully saturated rings. The SMILES string of the molecule is C=CCOc1c(Cl)cc(/C=C2\SC(=O)N(CC(=O)OC)C2=O)cc1OCC. The van der Waals surface area contributed by atoms with E-state index in [-0.39, 0.29) is 11.5 Å². The molecule has 0 unspecified atom stereocenters. The molecule has 0 atom stereocenters. The molecule has 9 heteroatoms. The first-order valence-corrected chi connectivity index (χ1v) is 9.12. The van der Waals surface area contributed by atoms with Crippen LogP contribution in [0.15, 0.2) is 29.7 Å². The predicted octanol–water partition coefficient (Wildman–Crippen LogP) is 3.51. The van der Waals surface area contributed by atoms with Crippen molar-refractivity contribution in [3.05, 3.63) is 40.3 Å². The fraction of sp³-hybridized carbons (Fsp3) is 0.278. The maximum absolute atomic E-state index is 12.4. The molecule has 2 rings (SSSR count). The molecule has 0 N–H and O–H groups in total. The van der Waals surface area contributed by atoms with E-state index in [2.05, 4.69) is 11.3 Å². The second-order valence-corrected chi connectivity index (χ2v) is 6.61. The lowest BCUT2D eigenvalue weighted by molar-refractivity contribution is -0.143. The van der Waals surface area contributed by atoms with Gasteiger partial charge in [0.05, 0.1) is 23.6 Å². The fourth-order valence-electron chi connectivity index (χ4n) is 2.20. The van der Waals surface area contributed by atoms with Gasteiger partial charge in [0.2, 0.25) is 0 Å². The van der Waals surface area contributed by atoms with E-state index in [1.165, 1.54) is 13.2 Å². The average Bonchev–Trinajstić information content (AvgIpc) is 2.88. The Balaban J connectivity index is 2.32. The first kappa shape index (κ1) is 20.9. The molecule has 0 radical (unpaired) electrons. The Morgan fingerprint density at radius 2 is 2.07 bits per heavy atom. The number of methoxy groups -OCH3 is 1. The third kappa shape index (κ3) is 5.05. The predicted molar refractivity (Wildman–Crippen MR) is 103 cm³/mol. The lowest BCUT2D eigenvalue weighted by Gasteiger charge is -2.13. The number of carbonyl (C=O) groups is 3. The second kappa shape index (κ2) is 9.48. The Morgan fingerprint density at radius 1 is 1.33 bits per heavy atom. The molecule has 1 aliphatic rings. The van der Waals surface area contributed by atoms with Gasteiger partial charge in [0.25, 0.3) is 11.1 Å². The van der Waals surface area contributed by atoms with Crippen molar-refractivity contribution in [3.8, 4) is 11.5 Å². The zero-order valence-corrected chi connectivity index (χ0v) is 16.4. The largest absolute Gasteiger partial charge is 0.490 e. The van der Waals surface area contributed by atoms with Crippen LogP contribution in [0.25, 0.3) is 6.08 Å². The Hall–Kier alpha value is -2.45. The van der Waals surface area contributed by atoms with E-state index in [0.29, 0.717) is 28.7 Å². The average molecular weight is 412 g/mol. The Morgan fingerprint density at radius 3 is 2.70 bits per heavy atom. The fourth-order valence-corrected chi connectivity index (χ4v) is 3.31. The van der Waals surface area contributed by atoms with Crippen LogP contribution >= 0.6 is 23.4 Å². The molecule has 1 heterocycles. The number of ether oxygens (including phenoxy) is 3. The molecular weight excluding hydrogens is 394 g/mol. The van der Waals surface area contributed by atoms with Crippen LogP contribution in [0.2, 0.25) is 5.02 Å². The highest BCUT2D eigenvalue weighted by Crippen LogP contribution is 2.39. The molecule has 1 saturated heterocycles. The quantitative estimate of drug-likeness (QED) is 0.367. The highest BCUT2D eigenvalue weighted by Gasteiger charge is 2.36. The van der Waals surface area contributed by atoms with Gasteiger partial charge < -0.3 is 14.2 Å². The van der Waals surface area contributed by atoms with Gasteiger partial charge in [0.1, 0.15) is 13.2 Å². The van der Waals surface area contributed by atoms with Crippen molar-refractivity contribution in [2.24, 2.45) is 0 Å². The normalized spacial score (nSPS) is 15.2. The van der Waals surface area contributed by atoms with Crippen molar-refractivity contribution < 1.29 is 28.6 Å². The molecule has 1 aliphatic heterocycles. The van der Waals surface area contributed by atoms with Crippen molar-refractivity contribution >= 4 is 46.6 Å². The lowest BCUT2D eigenvalue weighted by Crippen LogP contribution is -2.34. The van der Waals surface area contributed by atoms with E-state index in [1.54, 1.807) is 18.2 Å². The van der Waals surface area contributed by atoms with Crippen LogP contribution in [-0.4, -0.2) is 48.9 Å². The van der Waals surface area contributed by atoms with E-state index < -0.39 is 23.7 Å². The molecule has 0 aromatic heterocycles. The molecule has 2 amide bonds. The lowest BCUT2D eigenvalue weighted by atomic mass is 10.1. The number of rotatable bonds is 8. The van der Waals surface area contributed by atoms with Gasteiger partial charge in [-0.25, -0.2) is 0 Å². The third-order valence-electron chi connectivity index (χ3n) is 3.36. The van der Waals surface area contributed by atoms with Crippen LogP contribution in [0.3, 0.4) is 0 Å². The minimum absolute atomic E-state index is 0.169. The van der Waals surface area contributed by atoms with Crippen molar-refractivity contribution in [3.63, 3.8) is 0 Å². The Labute approximate surface area is 165 Å². The first-order chi connectivity index (χ1) is 12.9. The number of esters is 1. The maximum Gasteiger partial charge on any atom is 0.325 e. The van der Waals surface area contributed by atoms with Crippen molar-refractivity contribution in [1.29, 1.82) is 0 Å². The number of hydrogen-bond acceptors (Lipinski definition) is 7. The summed E-state index contributed by atoms with van der Waals surface area (Å²) in [6, 6.07) is 3.25. The molecular formula is C18H18ClNO6S. The molecule has 0 saturated carbocycles. The van der Waals surface area contributed by atoms with Crippen LogP contribution in [0.5, 0.6) is 11.5 Å². The molecule has 144 valence electrons. The summed E-state index contributed by atoms with van der Waals surface area (Å²) >= 11 is 7.01. The van der Waals surface area contributed by atoms with Gasteiger partial charge in [-0.2, -0.15) is 0 Å². The molecule has 1 aromatic carbocycles. The minimum Gasteiger partial charge on any atom is -0.490 e. The van der Waals surface area contributed by atoms with Crippen molar-refractivity contribution in [2.45, 2.75) is 6.92 Å². The highest BCUT2D eigenvalue weighted by atomic mass is 35.5. The molecule has 7 nitrogen and oxygen atoms in total. The highest BCUT2D eigenvalue weighted by molar-refractivity contribution is 8.18. The number of carbonyl (C=O) groups excluding carboxylic acids is 3. The van der Waals surface area contributed by atoms with Gasteiger partial charge in [-0.1, -0.05) is 24.3 Å². The second-order valence-electron chi connectivity index (χ2n) is 5.21. The van der Waals surface area contributed by atoms with E-state index in [9.17, 15) is 14.4 Å². The molecule has 0 aliphatic carbocycles. The zero-order chi connectivity index (χ0) is 20.0. The van der Waals surface area contributed by atoms with E-state index in [4.69, 9.17) is 21.1 Å². The summed E-state index contributed by atoms with van der Waals surface area (Å²) in [6.07, 6.45) is 3.09. The number of nitrogens with zero attached hydrogens (tertiary/aromatic N) is 1. The van der Waals surface area contributed by atoms with Crippen LogP contribution in [0.4, 0.5) is 4.79 Å². The van der Waals surface area contributed by atoms with Crippen LogP contribution < -0.4 is 9.47 Å². The van der Waals surface area contributed by atoms with Crippen LogP contribution in [-0.2, 0) is 14.3 Å². The number of hydrogen-bond donors (Lipinski definition) is 0. The summed E-state index contributed by atoms with van der Waals surface area (Å²) in [5.41, 5.74) is 0.554. The third-order valence-corrected chi connectivity index (χ3v) is 4.55. The van der Waals surface area contributed by atoms with Gasteiger partial charge in [-0.15, -0.1) is 0 Å². The summed E-state index contributed by atoms with van der Waals surface area (Å²) < 4.78 is 15.6. The molecule has 0 spiro atoms. The van der Waals surface area contributed by atoms with E-state index in [0.717, 1.165) is 16.7 Å². The minimum atomic E-state index is -0.677. The Kier molecular flexibility index (Phi) is 7.32. The monoisotopic (exact) mass is 411 g/mol. The van der Waals surface area contributed by atoms with Gasteiger partial charge in [-0.05, 0) is 42.5 Å². The first-order valence-electron chi connectivity index (χ1n) is 7.93. The number of imide groups is 1. The Bertz CT molecular complexity index is 807. The number of halogens is 1. The van der Waals surface area contributed by atoms with Gasteiger partial charge in [0.15, 0.2) is 11.5 Å². The smallest absolute Gasteiger partial charge is 0.325 e.